The van der Waals surface area contributed by atoms with Gasteiger partial charge < -0.3 is 10.6 Å². The first-order chi connectivity index (χ1) is 8.59. The Balaban J connectivity index is 0.00000180. The van der Waals surface area contributed by atoms with Gasteiger partial charge in [-0.3, -0.25) is 4.79 Å². The van der Waals surface area contributed by atoms with E-state index >= 15 is 0 Å². The highest BCUT2D eigenvalue weighted by Crippen LogP contribution is 2.30. The van der Waals surface area contributed by atoms with Crippen LogP contribution in [0.2, 0.25) is 0 Å². The molecule has 2 fully saturated rings. The Labute approximate surface area is 123 Å². The number of halogens is 1. The van der Waals surface area contributed by atoms with E-state index in [1.807, 2.05) is 0 Å². The molecule has 1 unspecified atom stereocenters. The quantitative estimate of drug-likeness (QED) is 0.868. The smallest absolute Gasteiger partial charge is 0.223 e. The molecule has 4 heteroatoms. The van der Waals surface area contributed by atoms with Crippen molar-refractivity contribution < 1.29 is 4.79 Å². The van der Waals surface area contributed by atoms with Crippen LogP contribution in [0.25, 0.3) is 0 Å². The molecule has 0 aromatic rings. The maximum Gasteiger partial charge on any atom is 0.223 e. The molecular weight excluding hydrogens is 260 g/mol. The van der Waals surface area contributed by atoms with Crippen LogP contribution in [-0.4, -0.2) is 29.4 Å². The standard InChI is InChI=1S/C15H28N2O.ClH/c1-11(2)14-8-3-4-9-17(14)15(18)10-12-6-5-7-13(12)16;/h11-14H,3-10,16H2,1-2H3;1H/t12-,13+,14?;/m0./s1. The van der Waals surface area contributed by atoms with Crippen LogP contribution in [0, 0.1) is 11.8 Å². The molecule has 112 valence electrons. The Bertz CT molecular complexity index is 296. The number of likely N-dealkylation sites (tertiary alicyclic amines) is 1. The van der Waals surface area contributed by atoms with Crippen LogP contribution < -0.4 is 5.73 Å². The van der Waals surface area contributed by atoms with Crippen LogP contribution in [0.1, 0.15) is 58.8 Å². The maximum absolute atomic E-state index is 12.5. The number of nitrogens with two attached hydrogens (primary N) is 1. The van der Waals surface area contributed by atoms with E-state index in [1.54, 1.807) is 0 Å². The monoisotopic (exact) mass is 288 g/mol. The van der Waals surface area contributed by atoms with Crippen molar-refractivity contribution in [2.45, 2.75) is 70.9 Å². The molecule has 1 aliphatic carbocycles. The molecule has 0 bridgehead atoms. The lowest BCUT2D eigenvalue weighted by Crippen LogP contribution is -2.47. The van der Waals surface area contributed by atoms with Gasteiger partial charge in [0, 0.05) is 25.0 Å². The van der Waals surface area contributed by atoms with Crippen LogP contribution in [0.5, 0.6) is 0 Å². The molecular formula is C15H29ClN2O. The zero-order valence-electron chi connectivity index (χ0n) is 12.3. The van der Waals surface area contributed by atoms with Crippen molar-refractivity contribution in [3.8, 4) is 0 Å². The van der Waals surface area contributed by atoms with Crippen molar-refractivity contribution in [2.24, 2.45) is 17.6 Å². The Kier molecular flexibility index (Phi) is 6.61. The van der Waals surface area contributed by atoms with E-state index in [0.717, 1.165) is 19.4 Å². The lowest BCUT2D eigenvalue weighted by atomic mass is 9.91. The van der Waals surface area contributed by atoms with Gasteiger partial charge >= 0.3 is 0 Å². The van der Waals surface area contributed by atoms with E-state index in [4.69, 9.17) is 5.73 Å². The van der Waals surface area contributed by atoms with E-state index in [2.05, 4.69) is 18.7 Å². The van der Waals surface area contributed by atoms with Gasteiger partial charge in [-0.25, -0.2) is 0 Å². The molecule has 19 heavy (non-hydrogen) atoms. The fraction of sp³-hybridized carbons (Fsp3) is 0.933. The largest absolute Gasteiger partial charge is 0.339 e. The first kappa shape index (κ1) is 16.8. The normalized spacial score (nSPS) is 31.4. The van der Waals surface area contributed by atoms with Gasteiger partial charge in [-0.2, -0.15) is 0 Å². The molecule has 1 saturated carbocycles. The summed E-state index contributed by atoms with van der Waals surface area (Å²) < 4.78 is 0. The third kappa shape index (κ3) is 4.09. The molecule has 0 radical (unpaired) electrons. The zero-order chi connectivity index (χ0) is 13.1. The van der Waals surface area contributed by atoms with Gasteiger partial charge in [0.1, 0.15) is 0 Å². The number of carbonyl (C=O) groups is 1. The number of carbonyl (C=O) groups excluding carboxylic acids is 1. The first-order valence-electron chi connectivity index (χ1n) is 7.64. The van der Waals surface area contributed by atoms with E-state index in [1.165, 1.54) is 25.7 Å². The van der Waals surface area contributed by atoms with E-state index in [-0.39, 0.29) is 18.4 Å². The van der Waals surface area contributed by atoms with Crippen molar-refractivity contribution in [1.29, 1.82) is 0 Å². The van der Waals surface area contributed by atoms with Crippen molar-refractivity contribution in [3.63, 3.8) is 0 Å². The molecule has 3 nitrogen and oxygen atoms in total. The molecule has 3 atom stereocenters. The summed E-state index contributed by atoms with van der Waals surface area (Å²) >= 11 is 0. The molecule has 0 spiro atoms. The summed E-state index contributed by atoms with van der Waals surface area (Å²) in [6.07, 6.45) is 7.76. The Morgan fingerprint density at radius 3 is 2.53 bits per heavy atom. The molecule has 1 saturated heterocycles. The molecule has 2 aliphatic rings. The summed E-state index contributed by atoms with van der Waals surface area (Å²) in [6.45, 7) is 5.43. The third-order valence-corrected chi connectivity index (χ3v) is 4.79. The zero-order valence-corrected chi connectivity index (χ0v) is 13.1. The van der Waals surface area contributed by atoms with Crippen LogP contribution in [-0.2, 0) is 4.79 Å². The lowest BCUT2D eigenvalue weighted by Gasteiger charge is -2.39. The van der Waals surface area contributed by atoms with E-state index < -0.39 is 0 Å². The van der Waals surface area contributed by atoms with Gasteiger partial charge in [0.15, 0.2) is 0 Å². The molecule has 2 rings (SSSR count). The van der Waals surface area contributed by atoms with Gasteiger partial charge in [0.25, 0.3) is 0 Å². The predicted molar refractivity (Wildman–Crippen MR) is 81.4 cm³/mol. The fourth-order valence-corrected chi connectivity index (χ4v) is 3.62. The number of hydrogen-bond donors (Lipinski definition) is 1. The Hall–Kier alpha value is -0.280. The van der Waals surface area contributed by atoms with E-state index in [0.29, 0.717) is 30.2 Å². The summed E-state index contributed by atoms with van der Waals surface area (Å²) in [5.74, 6) is 1.37. The summed E-state index contributed by atoms with van der Waals surface area (Å²) in [4.78, 5) is 14.6. The summed E-state index contributed by atoms with van der Waals surface area (Å²) in [7, 11) is 0. The van der Waals surface area contributed by atoms with Gasteiger partial charge in [-0.1, -0.05) is 20.3 Å². The van der Waals surface area contributed by atoms with Crippen molar-refractivity contribution in [3.05, 3.63) is 0 Å². The second-order valence-corrected chi connectivity index (χ2v) is 6.45. The SMILES string of the molecule is CC(C)C1CCCCN1C(=O)C[C@@H]1CCC[C@H]1N.Cl. The van der Waals surface area contributed by atoms with Crippen LogP contribution in [0.4, 0.5) is 0 Å². The minimum atomic E-state index is 0. The van der Waals surface area contributed by atoms with Gasteiger partial charge in [-0.05, 0) is 43.9 Å². The number of hydrogen-bond acceptors (Lipinski definition) is 2. The molecule has 1 amide bonds. The van der Waals surface area contributed by atoms with E-state index in [9.17, 15) is 4.79 Å². The minimum absolute atomic E-state index is 0. The summed E-state index contributed by atoms with van der Waals surface area (Å²) in [5.41, 5.74) is 6.08. The van der Waals surface area contributed by atoms with Crippen LogP contribution >= 0.6 is 12.4 Å². The van der Waals surface area contributed by atoms with Gasteiger partial charge in [0.05, 0.1) is 0 Å². The molecule has 2 N–H and O–H groups in total. The molecule has 0 aromatic heterocycles. The number of piperidine rings is 1. The second kappa shape index (κ2) is 7.49. The highest BCUT2D eigenvalue weighted by molar-refractivity contribution is 5.85. The number of rotatable bonds is 3. The highest BCUT2D eigenvalue weighted by Gasteiger charge is 2.32. The second-order valence-electron chi connectivity index (χ2n) is 6.45. The Morgan fingerprint density at radius 1 is 1.21 bits per heavy atom. The average Bonchev–Trinajstić information content (AvgIpc) is 2.75. The Morgan fingerprint density at radius 2 is 1.95 bits per heavy atom. The van der Waals surface area contributed by atoms with Crippen molar-refractivity contribution in [1.82, 2.24) is 4.90 Å². The van der Waals surface area contributed by atoms with Gasteiger partial charge in [0.2, 0.25) is 5.91 Å². The van der Waals surface area contributed by atoms with Crippen LogP contribution in [0.15, 0.2) is 0 Å². The first-order valence-corrected chi connectivity index (χ1v) is 7.64. The third-order valence-electron chi connectivity index (χ3n) is 4.79. The summed E-state index contributed by atoms with van der Waals surface area (Å²) in [6, 6.07) is 0.722. The van der Waals surface area contributed by atoms with Gasteiger partial charge in [-0.15, -0.1) is 12.4 Å². The highest BCUT2D eigenvalue weighted by atomic mass is 35.5. The van der Waals surface area contributed by atoms with Crippen molar-refractivity contribution >= 4 is 18.3 Å². The summed E-state index contributed by atoms with van der Waals surface area (Å²) in [5, 5.41) is 0. The topological polar surface area (TPSA) is 46.3 Å². The minimum Gasteiger partial charge on any atom is -0.339 e. The number of amides is 1. The fourth-order valence-electron chi connectivity index (χ4n) is 3.62. The molecule has 0 aromatic carbocycles. The van der Waals surface area contributed by atoms with Crippen molar-refractivity contribution in [2.75, 3.05) is 6.54 Å². The maximum atomic E-state index is 12.5. The molecule has 1 aliphatic heterocycles. The average molecular weight is 289 g/mol. The van der Waals surface area contributed by atoms with Crippen LogP contribution in [0.3, 0.4) is 0 Å². The predicted octanol–water partition coefficient (Wildman–Crippen LogP) is 2.96. The molecule has 1 heterocycles. The number of nitrogens with zero attached hydrogens (tertiary/aromatic N) is 1. The lowest BCUT2D eigenvalue weighted by molar-refractivity contribution is -0.137.